The summed E-state index contributed by atoms with van der Waals surface area (Å²) in [6.07, 6.45) is 5.91. The number of alkyl halides is 1. The molecule has 3 heteroatoms. The van der Waals surface area contributed by atoms with Crippen LogP contribution < -0.4 is 4.74 Å². The molecule has 106 valence electrons. The molecule has 1 unspecified atom stereocenters. The Morgan fingerprint density at radius 2 is 2.00 bits per heavy atom. The van der Waals surface area contributed by atoms with E-state index in [2.05, 4.69) is 12.1 Å². The third-order valence-electron chi connectivity index (χ3n) is 4.14. The number of hydrogen-bond acceptors (Lipinski definition) is 2. The number of benzene rings is 1. The lowest BCUT2D eigenvalue weighted by molar-refractivity contribution is 0.0406. The van der Waals surface area contributed by atoms with Gasteiger partial charge in [0.25, 0.3) is 0 Å². The highest BCUT2D eigenvalue weighted by atomic mass is 35.5. The number of methoxy groups -OCH3 is 1. The first-order valence-corrected chi connectivity index (χ1v) is 7.57. The van der Waals surface area contributed by atoms with Gasteiger partial charge in [-0.15, -0.1) is 0 Å². The molecule has 1 aromatic carbocycles. The second-order valence-electron chi connectivity index (χ2n) is 5.22. The lowest BCUT2D eigenvalue weighted by Crippen LogP contribution is -2.40. The Hall–Kier alpha value is -0.730. The van der Waals surface area contributed by atoms with Gasteiger partial charge in [0, 0.05) is 12.0 Å². The minimum absolute atomic E-state index is 0.0651. The Labute approximate surface area is 121 Å². The summed E-state index contributed by atoms with van der Waals surface area (Å²) in [7, 11) is 1.70. The summed E-state index contributed by atoms with van der Waals surface area (Å²) in [5.41, 5.74) is 0.926. The van der Waals surface area contributed by atoms with Crippen LogP contribution in [0.1, 0.15) is 44.6 Å². The van der Waals surface area contributed by atoms with Crippen LogP contribution in [0.15, 0.2) is 24.3 Å². The van der Waals surface area contributed by atoms with Crippen LogP contribution in [0, 0.1) is 0 Å². The monoisotopic (exact) mass is 282 g/mol. The Kier molecular flexibility index (Phi) is 5.12. The molecular weight excluding hydrogens is 260 g/mol. The molecule has 2 rings (SSSR count). The third-order valence-corrected chi connectivity index (χ3v) is 4.68. The topological polar surface area (TPSA) is 18.5 Å². The van der Waals surface area contributed by atoms with Crippen LogP contribution in [-0.2, 0) is 10.2 Å². The number of halogens is 1. The quantitative estimate of drug-likeness (QED) is 0.741. The van der Waals surface area contributed by atoms with Crippen LogP contribution >= 0.6 is 11.6 Å². The maximum Gasteiger partial charge on any atom is 0.140 e. The summed E-state index contributed by atoms with van der Waals surface area (Å²) in [5.74, 6) is 0.891. The van der Waals surface area contributed by atoms with E-state index in [0.717, 1.165) is 18.6 Å². The fourth-order valence-electron chi connectivity index (χ4n) is 3.07. The van der Waals surface area contributed by atoms with Crippen LogP contribution in [0.3, 0.4) is 0 Å². The summed E-state index contributed by atoms with van der Waals surface area (Å²) in [4.78, 5) is 0. The molecule has 1 saturated carbocycles. The summed E-state index contributed by atoms with van der Waals surface area (Å²) < 4.78 is 11.1. The molecule has 0 bridgehead atoms. The zero-order valence-electron chi connectivity index (χ0n) is 11.8. The molecule has 0 N–H and O–H groups in total. The zero-order valence-corrected chi connectivity index (χ0v) is 12.6. The maximum atomic E-state index is 6.58. The van der Waals surface area contributed by atoms with E-state index >= 15 is 0 Å². The lowest BCUT2D eigenvalue weighted by Gasteiger charge is -2.41. The van der Waals surface area contributed by atoms with Gasteiger partial charge in [0.15, 0.2) is 0 Å². The van der Waals surface area contributed by atoms with Crippen LogP contribution in [-0.4, -0.2) is 19.3 Å². The van der Waals surface area contributed by atoms with E-state index in [1.54, 1.807) is 7.11 Å². The molecule has 0 amide bonds. The highest BCUT2D eigenvalue weighted by Gasteiger charge is 2.41. The van der Waals surface area contributed by atoms with E-state index in [1.165, 1.54) is 24.8 Å². The molecule has 2 nitrogen and oxygen atoms in total. The first-order valence-electron chi connectivity index (χ1n) is 7.13. The number of ether oxygens (including phenoxy) is 2. The molecule has 1 fully saturated rings. The molecule has 0 saturated heterocycles. The van der Waals surface area contributed by atoms with Crippen molar-refractivity contribution in [3.63, 3.8) is 0 Å². The molecule has 19 heavy (non-hydrogen) atoms. The van der Waals surface area contributed by atoms with Gasteiger partial charge in [0.05, 0.1) is 7.11 Å². The smallest absolute Gasteiger partial charge is 0.140 e. The molecular formula is C16H23ClO2. The Bertz CT molecular complexity index is 399. The minimum atomic E-state index is -0.259. The van der Waals surface area contributed by atoms with Gasteiger partial charge in [0.2, 0.25) is 0 Å². The lowest BCUT2D eigenvalue weighted by atomic mass is 9.69. The van der Waals surface area contributed by atoms with Gasteiger partial charge < -0.3 is 9.47 Å². The molecule has 0 heterocycles. The van der Waals surface area contributed by atoms with E-state index in [-0.39, 0.29) is 11.0 Å². The van der Waals surface area contributed by atoms with Crippen molar-refractivity contribution in [1.82, 2.24) is 0 Å². The molecule has 0 spiro atoms. The van der Waals surface area contributed by atoms with E-state index in [9.17, 15) is 0 Å². The van der Waals surface area contributed by atoms with Crippen molar-refractivity contribution < 1.29 is 9.47 Å². The predicted octanol–water partition coefficient (Wildman–Crippen LogP) is 4.50. The van der Waals surface area contributed by atoms with E-state index in [4.69, 9.17) is 21.1 Å². The second-order valence-corrected chi connectivity index (χ2v) is 5.62. The summed E-state index contributed by atoms with van der Waals surface area (Å²) in [6.45, 7) is 2.65. The average Bonchev–Trinajstić information content (AvgIpc) is 2.48. The van der Waals surface area contributed by atoms with Crippen molar-refractivity contribution in [2.75, 3.05) is 13.7 Å². The number of hydrogen-bond donors (Lipinski definition) is 0. The Morgan fingerprint density at radius 3 is 2.63 bits per heavy atom. The molecule has 1 aliphatic carbocycles. The van der Waals surface area contributed by atoms with Crippen LogP contribution in [0.4, 0.5) is 0 Å². The largest absolute Gasteiger partial charge is 0.497 e. The summed E-state index contributed by atoms with van der Waals surface area (Å²) >= 11 is 6.58. The van der Waals surface area contributed by atoms with Crippen molar-refractivity contribution in [3.8, 4) is 5.75 Å². The fraction of sp³-hybridized carbons (Fsp3) is 0.625. The standard InChI is InChI=1S/C16H23ClO2/c1-3-19-15(17)16(10-5-4-6-11-16)13-8-7-9-14(12-13)18-2/h7-9,12,15H,3-6,10-11H2,1-2H3. The van der Waals surface area contributed by atoms with Gasteiger partial charge >= 0.3 is 0 Å². The molecule has 0 aliphatic heterocycles. The van der Waals surface area contributed by atoms with Crippen LogP contribution in [0.2, 0.25) is 0 Å². The maximum absolute atomic E-state index is 6.58. The molecule has 1 aliphatic rings. The minimum Gasteiger partial charge on any atom is -0.497 e. The van der Waals surface area contributed by atoms with Crippen molar-refractivity contribution >= 4 is 11.6 Å². The second kappa shape index (κ2) is 6.62. The predicted molar refractivity (Wildman–Crippen MR) is 79.0 cm³/mol. The Balaban J connectivity index is 2.35. The van der Waals surface area contributed by atoms with Crippen LogP contribution in [0.25, 0.3) is 0 Å². The molecule has 1 aromatic rings. The average molecular weight is 283 g/mol. The van der Waals surface area contributed by atoms with Gasteiger partial charge in [-0.3, -0.25) is 0 Å². The first-order chi connectivity index (χ1) is 9.23. The van der Waals surface area contributed by atoms with Crippen molar-refractivity contribution in [2.24, 2.45) is 0 Å². The highest BCUT2D eigenvalue weighted by Crippen LogP contribution is 2.45. The molecule has 1 atom stereocenters. The molecule has 0 radical (unpaired) electrons. The van der Waals surface area contributed by atoms with Gasteiger partial charge in [0.1, 0.15) is 11.3 Å². The van der Waals surface area contributed by atoms with E-state index < -0.39 is 0 Å². The van der Waals surface area contributed by atoms with Gasteiger partial charge in [-0.2, -0.15) is 0 Å². The van der Waals surface area contributed by atoms with E-state index in [1.807, 2.05) is 19.1 Å². The summed E-state index contributed by atoms with van der Waals surface area (Å²) in [5, 5.41) is 0. The summed E-state index contributed by atoms with van der Waals surface area (Å²) in [6, 6.07) is 8.28. The van der Waals surface area contributed by atoms with Crippen LogP contribution in [0.5, 0.6) is 5.75 Å². The Morgan fingerprint density at radius 1 is 1.26 bits per heavy atom. The van der Waals surface area contributed by atoms with E-state index in [0.29, 0.717) is 6.61 Å². The van der Waals surface area contributed by atoms with Crippen molar-refractivity contribution in [1.29, 1.82) is 0 Å². The van der Waals surface area contributed by atoms with Crippen molar-refractivity contribution in [2.45, 2.75) is 50.0 Å². The normalized spacial score (nSPS) is 19.9. The third kappa shape index (κ3) is 3.06. The molecule has 0 aromatic heterocycles. The zero-order chi connectivity index (χ0) is 13.7. The van der Waals surface area contributed by atoms with Gasteiger partial charge in [-0.1, -0.05) is 43.0 Å². The fourth-order valence-corrected chi connectivity index (χ4v) is 3.54. The van der Waals surface area contributed by atoms with Gasteiger partial charge in [-0.05, 0) is 37.5 Å². The first kappa shape index (κ1) is 14.7. The highest BCUT2D eigenvalue weighted by molar-refractivity contribution is 6.20. The SMILES string of the molecule is CCOC(Cl)C1(c2cccc(OC)c2)CCCCC1. The number of rotatable bonds is 5. The van der Waals surface area contributed by atoms with Gasteiger partial charge in [-0.25, -0.2) is 0 Å². The van der Waals surface area contributed by atoms with Crippen molar-refractivity contribution in [3.05, 3.63) is 29.8 Å².